The maximum absolute atomic E-state index is 13.3. The second-order valence-corrected chi connectivity index (χ2v) is 7.15. The molecule has 0 saturated carbocycles. The highest BCUT2D eigenvalue weighted by molar-refractivity contribution is 9.10. The van der Waals surface area contributed by atoms with E-state index in [4.69, 9.17) is 0 Å². The van der Waals surface area contributed by atoms with Gasteiger partial charge in [-0.05, 0) is 65.9 Å². The van der Waals surface area contributed by atoms with Crippen molar-refractivity contribution in [2.45, 2.75) is 26.7 Å². The first-order chi connectivity index (χ1) is 11.6. The summed E-state index contributed by atoms with van der Waals surface area (Å²) >= 11 is 3.56. The van der Waals surface area contributed by atoms with E-state index >= 15 is 0 Å². The molecule has 4 nitrogen and oxygen atoms in total. The average molecular weight is 384 g/mol. The number of aryl methyl sites for hydroxylation is 3. The third kappa shape index (κ3) is 2.35. The van der Waals surface area contributed by atoms with Gasteiger partial charge in [0.15, 0.2) is 5.65 Å². The minimum atomic E-state index is 0.0182. The molecule has 1 aliphatic heterocycles. The van der Waals surface area contributed by atoms with Crippen LogP contribution in [0.15, 0.2) is 41.0 Å². The molecule has 0 atom stereocenters. The zero-order valence-electron chi connectivity index (χ0n) is 13.7. The Kier molecular flexibility index (Phi) is 3.68. The Morgan fingerprint density at radius 1 is 1.25 bits per heavy atom. The van der Waals surface area contributed by atoms with E-state index in [0.717, 1.165) is 46.5 Å². The summed E-state index contributed by atoms with van der Waals surface area (Å²) in [5.41, 5.74) is 5.53. The number of carbonyl (C=O) groups is 1. The van der Waals surface area contributed by atoms with Crippen LogP contribution in [0.25, 0.3) is 5.65 Å². The molecule has 0 spiro atoms. The minimum Gasteiger partial charge on any atom is -0.307 e. The summed E-state index contributed by atoms with van der Waals surface area (Å²) in [7, 11) is 0. The summed E-state index contributed by atoms with van der Waals surface area (Å²) in [5, 5.41) is 0. The van der Waals surface area contributed by atoms with Gasteiger partial charge in [-0.25, -0.2) is 4.98 Å². The SMILES string of the molecule is Cc1cc(Br)c2nc(C)c(C(=O)N3CCCc4ccccc43)n2c1. The average Bonchev–Trinajstić information content (AvgIpc) is 2.90. The van der Waals surface area contributed by atoms with Crippen LogP contribution >= 0.6 is 15.9 Å². The van der Waals surface area contributed by atoms with Crippen LogP contribution in [-0.4, -0.2) is 21.8 Å². The number of para-hydroxylation sites is 1. The van der Waals surface area contributed by atoms with Crippen molar-refractivity contribution in [2.75, 3.05) is 11.4 Å². The summed E-state index contributed by atoms with van der Waals surface area (Å²) in [5.74, 6) is 0.0182. The minimum absolute atomic E-state index is 0.0182. The molecule has 5 heteroatoms. The van der Waals surface area contributed by atoms with Gasteiger partial charge in [-0.15, -0.1) is 0 Å². The summed E-state index contributed by atoms with van der Waals surface area (Å²) in [6.07, 6.45) is 3.99. The Hall–Kier alpha value is -2.14. The van der Waals surface area contributed by atoms with Crippen LogP contribution in [0.1, 0.15) is 33.7 Å². The molecule has 0 N–H and O–H groups in total. The predicted octanol–water partition coefficient (Wildman–Crippen LogP) is 4.31. The van der Waals surface area contributed by atoms with Crippen LogP contribution < -0.4 is 4.90 Å². The highest BCUT2D eigenvalue weighted by Crippen LogP contribution is 2.30. The molecule has 4 rings (SSSR count). The number of amides is 1. The molecule has 0 bridgehead atoms. The molecule has 122 valence electrons. The zero-order chi connectivity index (χ0) is 16.8. The van der Waals surface area contributed by atoms with Crippen molar-refractivity contribution in [3.63, 3.8) is 0 Å². The number of benzene rings is 1. The molecule has 1 aromatic carbocycles. The molecular weight excluding hydrogens is 366 g/mol. The highest BCUT2D eigenvalue weighted by Gasteiger charge is 2.27. The molecule has 0 radical (unpaired) electrons. The van der Waals surface area contributed by atoms with Crippen molar-refractivity contribution in [3.05, 3.63) is 63.5 Å². The number of hydrogen-bond acceptors (Lipinski definition) is 2. The molecule has 0 unspecified atom stereocenters. The van der Waals surface area contributed by atoms with Gasteiger partial charge in [0.1, 0.15) is 5.69 Å². The lowest BCUT2D eigenvalue weighted by Gasteiger charge is -2.29. The Morgan fingerprint density at radius 3 is 2.88 bits per heavy atom. The largest absolute Gasteiger partial charge is 0.307 e. The van der Waals surface area contributed by atoms with Gasteiger partial charge in [-0.3, -0.25) is 9.20 Å². The smallest absolute Gasteiger partial charge is 0.277 e. The summed E-state index contributed by atoms with van der Waals surface area (Å²) in [4.78, 5) is 19.8. The number of imidazole rings is 1. The monoisotopic (exact) mass is 383 g/mol. The lowest BCUT2D eigenvalue weighted by Crippen LogP contribution is -2.36. The van der Waals surface area contributed by atoms with Crippen molar-refractivity contribution >= 4 is 33.2 Å². The van der Waals surface area contributed by atoms with E-state index in [2.05, 4.69) is 27.0 Å². The van der Waals surface area contributed by atoms with Crippen LogP contribution in [0.5, 0.6) is 0 Å². The fourth-order valence-corrected chi connectivity index (χ4v) is 4.12. The molecule has 0 aliphatic carbocycles. The first kappa shape index (κ1) is 15.4. The van der Waals surface area contributed by atoms with Gasteiger partial charge in [-0.1, -0.05) is 18.2 Å². The van der Waals surface area contributed by atoms with E-state index in [-0.39, 0.29) is 5.91 Å². The van der Waals surface area contributed by atoms with Crippen LogP contribution in [0.3, 0.4) is 0 Å². The first-order valence-electron chi connectivity index (χ1n) is 8.11. The fraction of sp³-hybridized carbons (Fsp3) is 0.263. The molecule has 24 heavy (non-hydrogen) atoms. The molecule has 0 fully saturated rings. The number of anilines is 1. The molecular formula is C19H18BrN3O. The second kappa shape index (κ2) is 5.74. The maximum Gasteiger partial charge on any atom is 0.277 e. The molecule has 1 aliphatic rings. The molecule has 1 amide bonds. The van der Waals surface area contributed by atoms with Crippen LogP contribution in [0.4, 0.5) is 5.69 Å². The second-order valence-electron chi connectivity index (χ2n) is 6.29. The van der Waals surface area contributed by atoms with Gasteiger partial charge in [-0.2, -0.15) is 0 Å². The number of hydrogen-bond donors (Lipinski definition) is 0. The zero-order valence-corrected chi connectivity index (χ0v) is 15.3. The van der Waals surface area contributed by atoms with Gasteiger partial charge < -0.3 is 4.90 Å². The topological polar surface area (TPSA) is 37.6 Å². The van der Waals surface area contributed by atoms with E-state index in [9.17, 15) is 4.79 Å². The molecule has 2 aromatic heterocycles. The van der Waals surface area contributed by atoms with Crippen molar-refractivity contribution in [3.8, 4) is 0 Å². The van der Waals surface area contributed by atoms with Crippen molar-refractivity contribution in [1.29, 1.82) is 0 Å². The van der Waals surface area contributed by atoms with Crippen LogP contribution in [-0.2, 0) is 6.42 Å². The van der Waals surface area contributed by atoms with E-state index in [0.29, 0.717) is 5.69 Å². The van der Waals surface area contributed by atoms with Gasteiger partial charge in [0.2, 0.25) is 0 Å². The van der Waals surface area contributed by atoms with Crippen molar-refractivity contribution in [2.24, 2.45) is 0 Å². The summed E-state index contributed by atoms with van der Waals surface area (Å²) in [6, 6.07) is 10.2. The highest BCUT2D eigenvalue weighted by atomic mass is 79.9. The lowest BCUT2D eigenvalue weighted by atomic mass is 10.0. The number of halogens is 1. The Bertz CT molecular complexity index is 961. The fourth-order valence-electron chi connectivity index (χ4n) is 3.48. The van der Waals surface area contributed by atoms with E-state index in [1.807, 2.05) is 53.6 Å². The summed E-state index contributed by atoms with van der Waals surface area (Å²) in [6.45, 7) is 4.66. The first-order valence-corrected chi connectivity index (χ1v) is 8.90. The standard InChI is InChI=1S/C19H18BrN3O/c1-12-10-15(20)18-21-13(2)17(23(18)11-12)19(24)22-9-5-7-14-6-3-4-8-16(14)22/h3-4,6,8,10-11H,5,7,9H2,1-2H3. The predicted molar refractivity (Wildman–Crippen MR) is 98.8 cm³/mol. The molecule has 0 saturated heterocycles. The number of rotatable bonds is 1. The quantitative estimate of drug-likeness (QED) is 0.627. The van der Waals surface area contributed by atoms with Crippen molar-refractivity contribution < 1.29 is 4.79 Å². The third-order valence-corrected chi connectivity index (χ3v) is 5.13. The normalized spacial score (nSPS) is 14.0. The number of aromatic nitrogens is 2. The van der Waals surface area contributed by atoms with Gasteiger partial charge in [0, 0.05) is 18.4 Å². The Balaban J connectivity index is 1.87. The lowest BCUT2D eigenvalue weighted by molar-refractivity contribution is 0.0979. The van der Waals surface area contributed by atoms with Gasteiger partial charge >= 0.3 is 0 Å². The van der Waals surface area contributed by atoms with E-state index in [1.165, 1.54) is 5.56 Å². The van der Waals surface area contributed by atoms with Crippen molar-refractivity contribution in [1.82, 2.24) is 9.38 Å². The van der Waals surface area contributed by atoms with E-state index < -0.39 is 0 Å². The van der Waals surface area contributed by atoms with E-state index in [1.54, 1.807) is 0 Å². The molecule has 3 aromatic rings. The van der Waals surface area contributed by atoms with Gasteiger partial charge in [0.05, 0.1) is 10.2 Å². The Morgan fingerprint density at radius 2 is 2.04 bits per heavy atom. The van der Waals surface area contributed by atoms with Crippen LogP contribution in [0.2, 0.25) is 0 Å². The number of carbonyl (C=O) groups excluding carboxylic acids is 1. The van der Waals surface area contributed by atoms with Gasteiger partial charge in [0.25, 0.3) is 5.91 Å². The van der Waals surface area contributed by atoms with Crippen LogP contribution in [0, 0.1) is 13.8 Å². The number of pyridine rings is 1. The summed E-state index contributed by atoms with van der Waals surface area (Å²) < 4.78 is 2.82. The Labute approximate surface area is 149 Å². The third-order valence-electron chi connectivity index (χ3n) is 4.54. The number of nitrogens with zero attached hydrogens (tertiary/aromatic N) is 3. The number of fused-ring (bicyclic) bond motifs is 2. The molecule has 3 heterocycles. The maximum atomic E-state index is 13.3.